The zero-order chi connectivity index (χ0) is 19.3. The Morgan fingerprint density at radius 2 is 1.93 bits per heavy atom. The highest BCUT2D eigenvalue weighted by Crippen LogP contribution is 2.47. The van der Waals surface area contributed by atoms with Gasteiger partial charge in [-0.15, -0.1) is 0 Å². The molecule has 1 aromatic heterocycles. The summed E-state index contributed by atoms with van der Waals surface area (Å²) in [6.45, 7) is 2.40. The van der Waals surface area contributed by atoms with Crippen LogP contribution in [0.3, 0.4) is 0 Å². The molecule has 0 N–H and O–H groups in total. The van der Waals surface area contributed by atoms with Crippen LogP contribution in [0, 0.1) is 17.6 Å². The van der Waals surface area contributed by atoms with E-state index in [9.17, 15) is 13.6 Å². The molecule has 1 amide bonds. The highest BCUT2D eigenvalue weighted by Gasteiger charge is 2.55. The Kier molecular flexibility index (Phi) is 4.38. The van der Waals surface area contributed by atoms with E-state index in [2.05, 4.69) is 9.88 Å². The van der Waals surface area contributed by atoms with Crippen LogP contribution in [0.2, 0.25) is 0 Å². The van der Waals surface area contributed by atoms with Crippen molar-refractivity contribution in [2.75, 3.05) is 19.6 Å². The molecule has 4 fully saturated rings. The number of rotatable bonds is 3. The summed E-state index contributed by atoms with van der Waals surface area (Å²) in [5.74, 6) is -1.28. The topological polar surface area (TPSA) is 36.4 Å². The number of halogens is 2. The van der Waals surface area contributed by atoms with Crippen LogP contribution in [0.5, 0.6) is 0 Å². The molecule has 0 radical (unpaired) electrons. The second kappa shape index (κ2) is 6.92. The Morgan fingerprint density at radius 1 is 1.11 bits per heavy atom. The first-order valence-corrected chi connectivity index (χ1v) is 10.00. The van der Waals surface area contributed by atoms with E-state index in [1.807, 2.05) is 17.0 Å². The first kappa shape index (κ1) is 17.7. The van der Waals surface area contributed by atoms with Crippen LogP contribution < -0.4 is 0 Å². The number of carbonyl (C=O) groups excluding carboxylic acids is 1. The van der Waals surface area contributed by atoms with E-state index in [4.69, 9.17) is 0 Å². The van der Waals surface area contributed by atoms with Crippen molar-refractivity contribution in [3.8, 4) is 0 Å². The second-order valence-electron chi connectivity index (χ2n) is 8.19. The van der Waals surface area contributed by atoms with Gasteiger partial charge in [0.15, 0.2) is 11.6 Å². The number of piperidine rings is 3. The minimum absolute atomic E-state index is 0.0519. The van der Waals surface area contributed by atoms with Crippen LogP contribution in [0.25, 0.3) is 0 Å². The standard InChI is InChI=1S/C22H23F2N3O/c23-18-5-1-4-16(20(18)24)17-13-27(19(28)11-14-3-2-8-25-12-14)21-15-6-9-26(10-7-15)22(17)21/h1-5,8,12,15,17,21-22H,6-7,9-11,13H2/t17-,21+,22+/m0/s1. The summed E-state index contributed by atoms with van der Waals surface area (Å²) in [4.78, 5) is 21.6. The molecule has 2 aromatic rings. The molecule has 4 saturated heterocycles. The summed E-state index contributed by atoms with van der Waals surface area (Å²) in [6.07, 6.45) is 5.83. The van der Waals surface area contributed by atoms with E-state index in [0.717, 1.165) is 37.6 Å². The fraction of sp³-hybridized carbons (Fsp3) is 0.455. The average Bonchev–Trinajstić information content (AvgIpc) is 3.15. The first-order valence-electron chi connectivity index (χ1n) is 10.00. The number of fused-ring (bicyclic) bond motifs is 2. The van der Waals surface area contributed by atoms with Gasteiger partial charge in [-0.1, -0.05) is 18.2 Å². The number of aromatic nitrogens is 1. The summed E-state index contributed by atoms with van der Waals surface area (Å²) in [7, 11) is 0. The van der Waals surface area contributed by atoms with Gasteiger partial charge in [0.25, 0.3) is 0 Å². The van der Waals surface area contributed by atoms with E-state index >= 15 is 0 Å². The lowest BCUT2D eigenvalue weighted by atomic mass is 9.75. The van der Waals surface area contributed by atoms with Gasteiger partial charge in [-0.2, -0.15) is 0 Å². The number of nitrogens with zero attached hydrogens (tertiary/aromatic N) is 3. The zero-order valence-corrected chi connectivity index (χ0v) is 15.6. The van der Waals surface area contributed by atoms with E-state index in [0.29, 0.717) is 24.4 Å². The molecule has 2 bridgehead atoms. The molecule has 0 saturated carbocycles. The zero-order valence-electron chi connectivity index (χ0n) is 15.6. The van der Waals surface area contributed by atoms with Gasteiger partial charge in [-0.3, -0.25) is 14.7 Å². The molecule has 4 aliphatic heterocycles. The van der Waals surface area contributed by atoms with Crippen molar-refractivity contribution >= 4 is 5.91 Å². The maximum atomic E-state index is 14.6. The molecule has 28 heavy (non-hydrogen) atoms. The smallest absolute Gasteiger partial charge is 0.227 e. The summed E-state index contributed by atoms with van der Waals surface area (Å²) in [6, 6.07) is 8.29. The number of carbonyl (C=O) groups is 1. The molecule has 6 rings (SSSR count). The van der Waals surface area contributed by atoms with Crippen molar-refractivity contribution in [1.82, 2.24) is 14.8 Å². The van der Waals surface area contributed by atoms with Crippen molar-refractivity contribution in [1.29, 1.82) is 0 Å². The summed E-state index contributed by atoms with van der Waals surface area (Å²) < 4.78 is 28.5. The van der Waals surface area contributed by atoms with Gasteiger partial charge in [0.1, 0.15) is 0 Å². The third kappa shape index (κ3) is 2.82. The lowest BCUT2D eigenvalue weighted by Gasteiger charge is -2.51. The van der Waals surface area contributed by atoms with Crippen molar-refractivity contribution in [3.63, 3.8) is 0 Å². The van der Waals surface area contributed by atoms with E-state index < -0.39 is 11.6 Å². The average molecular weight is 383 g/mol. The predicted molar refractivity (Wildman–Crippen MR) is 101 cm³/mol. The van der Waals surface area contributed by atoms with Gasteiger partial charge in [0.05, 0.1) is 12.5 Å². The molecular weight excluding hydrogens is 360 g/mol. The van der Waals surface area contributed by atoms with Gasteiger partial charge in [0.2, 0.25) is 5.91 Å². The Bertz CT molecular complexity index is 883. The van der Waals surface area contributed by atoms with E-state index in [1.54, 1.807) is 24.5 Å². The predicted octanol–water partition coefficient (Wildman–Crippen LogP) is 2.99. The number of hydrogen-bond acceptors (Lipinski definition) is 3. The summed E-state index contributed by atoms with van der Waals surface area (Å²) in [5, 5.41) is 0. The third-order valence-electron chi connectivity index (χ3n) is 6.77. The molecule has 6 heteroatoms. The van der Waals surface area contributed by atoms with Crippen LogP contribution >= 0.6 is 0 Å². The normalized spacial score (nSPS) is 31.1. The van der Waals surface area contributed by atoms with Crippen LogP contribution in [0.1, 0.15) is 29.9 Å². The maximum Gasteiger partial charge on any atom is 0.227 e. The van der Waals surface area contributed by atoms with Gasteiger partial charge in [0, 0.05) is 30.9 Å². The summed E-state index contributed by atoms with van der Waals surface area (Å²) >= 11 is 0. The first-order chi connectivity index (χ1) is 13.6. The van der Waals surface area contributed by atoms with Crippen molar-refractivity contribution in [2.45, 2.75) is 37.3 Å². The Morgan fingerprint density at radius 3 is 2.68 bits per heavy atom. The largest absolute Gasteiger partial charge is 0.337 e. The van der Waals surface area contributed by atoms with Gasteiger partial charge in [-0.25, -0.2) is 8.78 Å². The highest BCUT2D eigenvalue weighted by molar-refractivity contribution is 5.80. The lowest BCUT2D eigenvalue weighted by Crippen LogP contribution is -2.60. The molecular formula is C22H23F2N3O. The van der Waals surface area contributed by atoms with E-state index in [-0.39, 0.29) is 23.9 Å². The third-order valence-corrected chi connectivity index (χ3v) is 6.77. The van der Waals surface area contributed by atoms with Gasteiger partial charge < -0.3 is 4.90 Å². The molecule has 1 aromatic carbocycles. The van der Waals surface area contributed by atoms with Gasteiger partial charge in [-0.05, 0) is 55.1 Å². The lowest BCUT2D eigenvalue weighted by molar-refractivity contribution is -0.135. The van der Waals surface area contributed by atoms with Gasteiger partial charge >= 0.3 is 0 Å². The number of pyridine rings is 1. The fourth-order valence-electron chi connectivity index (χ4n) is 5.56. The molecule has 4 aliphatic rings. The number of amides is 1. The van der Waals surface area contributed by atoms with Crippen LogP contribution in [-0.2, 0) is 11.2 Å². The van der Waals surface area contributed by atoms with Crippen LogP contribution in [-0.4, -0.2) is 52.4 Å². The fourth-order valence-corrected chi connectivity index (χ4v) is 5.56. The monoisotopic (exact) mass is 383 g/mol. The van der Waals surface area contributed by atoms with Crippen LogP contribution in [0.4, 0.5) is 8.78 Å². The molecule has 5 heterocycles. The van der Waals surface area contributed by atoms with E-state index in [1.165, 1.54) is 0 Å². The molecule has 4 nitrogen and oxygen atoms in total. The van der Waals surface area contributed by atoms with Crippen molar-refractivity contribution < 1.29 is 13.6 Å². The van der Waals surface area contributed by atoms with Crippen molar-refractivity contribution in [3.05, 3.63) is 65.5 Å². The minimum atomic E-state index is -0.815. The summed E-state index contributed by atoms with van der Waals surface area (Å²) in [5.41, 5.74) is 1.28. The second-order valence-corrected chi connectivity index (χ2v) is 8.19. The minimum Gasteiger partial charge on any atom is -0.337 e. The van der Waals surface area contributed by atoms with Crippen molar-refractivity contribution in [2.24, 2.45) is 5.92 Å². The Labute approximate surface area is 163 Å². The van der Waals surface area contributed by atoms with Crippen LogP contribution in [0.15, 0.2) is 42.7 Å². The molecule has 3 atom stereocenters. The quantitative estimate of drug-likeness (QED) is 0.818. The molecule has 0 spiro atoms. The Balaban J connectivity index is 1.49. The maximum absolute atomic E-state index is 14.6. The Hall–Kier alpha value is -2.34. The number of likely N-dealkylation sites (tertiary alicyclic amines) is 1. The molecule has 146 valence electrons. The SMILES string of the molecule is O=C(Cc1cccnc1)N1C[C@@H](c2cccc(F)c2F)[C@@H]2[C@H]1C1CCN2CC1. The number of benzene rings is 1. The highest BCUT2D eigenvalue weighted by atomic mass is 19.2. The molecule has 0 unspecified atom stereocenters. The molecule has 0 aliphatic carbocycles. The number of hydrogen-bond donors (Lipinski definition) is 0.